The zero-order chi connectivity index (χ0) is 32.6. The molecule has 10 heteroatoms. The van der Waals surface area contributed by atoms with Gasteiger partial charge in [-0.15, -0.1) is 0 Å². The van der Waals surface area contributed by atoms with Crippen LogP contribution in [0.1, 0.15) is 73.5 Å². The predicted octanol–water partition coefficient (Wildman–Crippen LogP) is 5.20. The van der Waals surface area contributed by atoms with Crippen molar-refractivity contribution in [2.24, 2.45) is 4.99 Å². The van der Waals surface area contributed by atoms with Crippen LogP contribution in [-0.4, -0.2) is 40.7 Å². The van der Waals surface area contributed by atoms with Gasteiger partial charge in [0.15, 0.2) is 22.1 Å². The van der Waals surface area contributed by atoms with E-state index in [2.05, 4.69) is 4.57 Å². The van der Waals surface area contributed by atoms with E-state index in [0.717, 1.165) is 22.6 Å². The summed E-state index contributed by atoms with van der Waals surface area (Å²) in [5.74, 6) is 0.511. The molecule has 3 heterocycles. The van der Waals surface area contributed by atoms with Gasteiger partial charge in [0.2, 0.25) is 0 Å². The molecule has 0 saturated heterocycles. The van der Waals surface area contributed by atoms with Crippen molar-refractivity contribution in [2.45, 2.75) is 60.6 Å². The van der Waals surface area contributed by atoms with Crippen LogP contribution in [0.25, 0.3) is 11.8 Å². The molecule has 0 aliphatic carbocycles. The van der Waals surface area contributed by atoms with Gasteiger partial charge in [-0.2, -0.15) is 0 Å². The molecule has 0 saturated carbocycles. The van der Waals surface area contributed by atoms with Crippen molar-refractivity contribution in [3.8, 4) is 17.2 Å². The Morgan fingerprint density at radius 2 is 1.82 bits per heavy atom. The first-order valence-electron chi connectivity index (χ1n) is 14.8. The van der Waals surface area contributed by atoms with Gasteiger partial charge in [-0.1, -0.05) is 29.5 Å². The Bertz CT molecular complexity index is 2030. The van der Waals surface area contributed by atoms with E-state index in [-0.39, 0.29) is 24.1 Å². The first-order chi connectivity index (χ1) is 21.4. The van der Waals surface area contributed by atoms with E-state index in [1.807, 2.05) is 64.1 Å². The summed E-state index contributed by atoms with van der Waals surface area (Å²) < 4.78 is 21.1. The Labute approximate surface area is 265 Å². The number of ketones is 1. The van der Waals surface area contributed by atoms with Gasteiger partial charge in [-0.05, 0) is 96.0 Å². The van der Waals surface area contributed by atoms with Crippen molar-refractivity contribution in [1.82, 2.24) is 9.13 Å². The van der Waals surface area contributed by atoms with Crippen LogP contribution in [0.3, 0.4) is 0 Å². The van der Waals surface area contributed by atoms with E-state index in [1.54, 1.807) is 50.6 Å². The quantitative estimate of drug-likeness (QED) is 0.187. The van der Waals surface area contributed by atoms with Crippen LogP contribution in [0.2, 0.25) is 0 Å². The van der Waals surface area contributed by atoms with Gasteiger partial charge >= 0.3 is 5.97 Å². The van der Waals surface area contributed by atoms with Gasteiger partial charge < -0.3 is 18.8 Å². The highest BCUT2D eigenvalue weighted by Gasteiger charge is 2.34. The molecule has 234 valence electrons. The molecule has 45 heavy (non-hydrogen) atoms. The molecular formula is C35H37N3O6S. The van der Waals surface area contributed by atoms with Crippen LogP contribution >= 0.6 is 11.3 Å². The Morgan fingerprint density at radius 1 is 1.07 bits per heavy atom. The molecule has 0 N–H and O–H groups in total. The smallest absolute Gasteiger partial charge is 0.338 e. The van der Waals surface area contributed by atoms with E-state index < -0.39 is 12.0 Å². The van der Waals surface area contributed by atoms with Gasteiger partial charge in [0.1, 0.15) is 0 Å². The number of aryl methyl sites for hydroxylation is 1. The van der Waals surface area contributed by atoms with Crippen LogP contribution in [0.4, 0.5) is 0 Å². The first kappa shape index (κ1) is 31.7. The fourth-order valence-corrected chi connectivity index (χ4v) is 6.69. The molecule has 0 spiro atoms. The maximum Gasteiger partial charge on any atom is 0.338 e. The molecule has 0 amide bonds. The Balaban J connectivity index is 1.68. The maximum absolute atomic E-state index is 14.2. The van der Waals surface area contributed by atoms with Gasteiger partial charge in [-0.3, -0.25) is 14.2 Å². The summed E-state index contributed by atoms with van der Waals surface area (Å²) in [7, 11) is 1.55. The van der Waals surface area contributed by atoms with Crippen LogP contribution in [-0.2, 0) is 9.53 Å². The SMILES string of the molecule is CCOC(=O)C1=C(C)N=c2s/c(=C\c3cc(C)n(-c4cccc(C(C)=O)c4)c3C)c(=O)n2[C@H]1c1ccc(OC(C)C)c(OC)c1. The summed E-state index contributed by atoms with van der Waals surface area (Å²) in [5.41, 5.74) is 5.40. The number of benzene rings is 2. The minimum atomic E-state index is -0.786. The highest BCUT2D eigenvalue weighted by molar-refractivity contribution is 7.07. The number of methoxy groups -OCH3 is 1. The second-order valence-corrected chi connectivity index (χ2v) is 12.2. The van der Waals surface area contributed by atoms with Crippen LogP contribution in [0.5, 0.6) is 11.5 Å². The second-order valence-electron chi connectivity index (χ2n) is 11.1. The molecule has 0 bridgehead atoms. The maximum atomic E-state index is 14.2. The summed E-state index contributed by atoms with van der Waals surface area (Å²) in [6, 6.07) is 14.1. The number of hydrogen-bond acceptors (Lipinski definition) is 8. The third kappa shape index (κ3) is 6.02. The number of rotatable bonds is 9. The average molecular weight is 628 g/mol. The molecule has 1 aliphatic heterocycles. The van der Waals surface area contributed by atoms with Crippen molar-refractivity contribution >= 4 is 29.2 Å². The zero-order valence-corrected chi connectivity index (χ0v) is 27.6. The fourth-order valence-electron chi connectivity index (χ4n) is 5.65. The number of ether oxygens (including phenoxy) is 3. The summed E-state index contributed by atoms with van der Waals surface area (Å²) in [5, 5.41) is 0. The number of fused-ring (bicyclic) bond motifs is 1. The standard InChI is InChI=1S/C35H37N3O6S/c1-9-43-34(41)31-21(5)36-35-38(32(31)25-13-14-28(44-19(2)3)29(17-25)42-8)33(40)30(45-35)18-26-15-20(4)37(22(26)6)27-12-10-11-24(16-27)23(7)39/h10-19,32H,9H2,1-8H3/b30-18-/t32-/m0/s1. The average Bonchev–Trinajstić information content (AvgIpc) is 3.45. The van der Waals surface area contributed by atoms with Crippen molar-refractivity contribution in [3.63, 3.8) is 0 Å². The number of carbonyl (C=O) groups excluding carboxylic acids is 2. The predicted molar refractivity (Wildman–Crippen MR) is 174 cm³/mol. The topological polar surface area (TPSA) is 101 Å². The fraction of sp³-hybridized carbons (Fsp3) is 0.314. The molecule has 5 rings (SSSR count). The van der Waals surface area contributed by atoms with Crippen LogP contribution < -0.4 is 24.4 Å². The third-order valence-electron chi connectivity index (χ3n) is 7.65. The first-order valence-corrected chi connectivity index (χ1v) is 15.6. The Morgan fingerprint density at radius 3 is 2.49 bits per heavy atom. The number of aromatic nitrogens is 2. The zero-order valence-electron chi connectivity index (χ0n) is 26.8. The number of Topliss-reactive ketones (excluding diaryl/α,β-unsaturated/α-hetero) is 1. The van der Waals surface area contributed by atoms with Crippen molar-refractivity contribution in [1.29, 1.82) is 0 Å². The van der Waals surface area contributed by atoms with Gasteiger partial charge in [0.05, 0.1) is 41.7 Å². The van der Waals surface area contributed by atoms with E-state index >= 15 is 0 Å². The lowest BCUT2D eigenvalue weighted by Gasteiger charge is -2.25. The number of hydrogen-bond donors (Lipinski definition) is 0. The molecule has 2 aromatic heterocycles. The summed E-state index contributed by atoms with van der Waals surface area (Å²) in [6.07, 6.45) is 1.79. The van der Waals surface area contributed by atoms with E-state index in [1.165, 1.54) is 11.3 Å². The molecule has 0 fully saturated rings. The summed E-state index contributed by atoms with van der Waals surface area (Å²) in [6.45, 7) is 13.1. The molecule has 2 aromatic carbocycles. The minimum absolute atomic E-state index is 0.00705. The number of thiazole rings is 1. The number of nitrogens with zero attached hydrogens (tertiary/aromatic N) is 3. The molecule has 1 atom stereocenters. The molecule has 9 nitrogen and oxygen atoms in total. The minimum Gasteiger partial charge on any atom is -0.493 e. The second kappa shape index (κ2) is 12.7. The van der Waals surface area contributed by atoms with Crippen molar-refractivity contribution in [3.05, 3.63) is 108 Å². The number of esters is 1. The largest absolute Gasteiger partial charge is 0.493 e. The van der Waals surface area contributed by atoms with E-state index in [0.29, 0.717) is 43.2 Å². The van der Waals surface area contributed by atoms with Crippen molar-refractivity contribution in [2.75, 3.05) is 13.7 Å². The van der Waals surface area contributed by atoms with Crippen LogP contribution in [0, 0.1) is 13.8 Å². The lowest BCUT2D eigenvalue weighted by atomic mass is 9.95. The summed E-state index contributed by atoms with van der Waals surface area (Å²) in [4.78, 5) is 44.7. The highest BCUT2D eigenvalue weighted by atomic mass is 32.1. The molecule has 4 aromatic rings. The molecule has 0 radical (unpaired) electrons. The number of carbonyl (C=O) groups is 2. The Hall–Kier alpha value is -4.70. The molecular weight excluding hydrogens is 590 g/mol. The lowest BCUT2D eigenvalue weighted by Crippen LogP contribution is -2.40. The number of allylic oxidation sites excluding steroid dienone is 1. The third-order valence-corrected chi connectivity index (χ3v) is 8.63. The van der Waals surface area contributed by atoms with Crippen molar-refractivity contribution < 1.29 is 23.8 Å². The summed E-state index contributed by atoms with van der Waals surface area (Å²) >= 11 is 1.27. The van der Waals surface area contributed by atoms with Crippen LogP contribution in [0.15, 0.2) is 69.6 Å². The van der Waals surface area contributed by atoms with Gasteiger partial charge in [-0.25, -0.2) is 9.79 Å². The van der Waals surface area contributed by atoms with Gasteiger partial charge in [0.25, 0.3) is 5.56 Å². The highest BCUT2D eigenvalue weighted by Crippen LogP contribution is 2.36. The van der Waals surface area contributed by atoms with Gasteiger partial charge in [0, 0.05) is 22.6 Å². The van der Waals surface area contributed by atoms with E-state index in [9.17, 15) is 14.4 Å². The van der Waals surface area contributed by atoms with E-state index in [4.69, 9.17) is 19.2 Å². The molecule has 0 unspecified atom stereocenters. The normalized spacial score (nSPS) is 14.8. The lowest BCUT2D eigenvalue weighted by molar-refractivity contribution is -0.139. The Kier molecular flexibility index (Phi) is 8.97. The monoisotopic (exact) mass is 627 g/mol. The molecule has 1 aliphatic rings.